The lowest BCUT2D eigenvalue weighted by atomic mass is 9.99. The van der Waals surface area contributed by atoms with Crippen LogP contribution in [0.2, 0.25) is 0 Å². The quantitative estimate of drug-likeness (QED) is 0.0345. The summed E-state index contributed by atoms with van der Waals surface area (Å²) >= 11 is 0. The molecule has 0 spiro atoms. The van der Waals surface area contributed by atoms with Crippen molar-refractivity contribution >= 4 is 17.9 Å². The normalized spacial score (nSPS) is 13.1. The van der Waals surface area contributed by atoms with Crippen LogP contribution < -0.4 is 0 Å². The summed E-state index contributed by atoms with van der Waals surface area (Å²) in [4.78, 5) is 37.9. The Bertz CT molecular complexity index is 918. The van der Waals surface area contributed by atoms with Gasteiger partial charge in [-0.05, 0) is 37.0 Å². The molecule has 0 radical (unpaired) electrons. The van der Waals surface area contributed by atoms with Crippen LogP contribution in [-0.2, 0) is 28.6 Å². The molecule has 350 valence electrons. The van der Waals surface area contributed by atoms with Crippen LogP contribution in [-0.4, -0.2) is 37.2 Å². The number of unbranched alkanes of at least 4 members (excludes halogenated alkanes) is 27. The van der Waals surface area contributed by atoms with Crippen molar-refractivity contribution in [2.24, 2.45) is 17.8 Å². The van der Waals surface area contributed by atoms with Gasteiger partial charge in [-0.25, -0.2) is 0 Å². The van der Waals surface area contributed by atoms with Crippen LogP contribution in [0.1, 0.15) is 286 Å². The lowest BCUT2D eigenvalue weighted by Gasteiger charge is -2.18. The summed E-state index contributed by atoms with van der Waals surface area (Å²) < 4.78 is 16.8. The predicted molar refractivity (Wildman–Crippen MR) is 252 cm³/mol. The lowest BCUT2D eigenvalue weighted by molar-refractivity contribution is -0.167. The minimum atomic E-state index is -0.763. The van der Waals surface area contributed by atoms with Gasteiger partial charge in [-0.15, -0.1) is 0 Å². The number of esters is 3. The maximum absolute atomic E-state index is 12.8. The molecular weight excluding hydrogens is 733 g/mol. The van der Waals surface area contributed by atoms with Crippen LogP contribution in [0, 0.1) is 17.8 Å². The summed E-state index contributed by atoms with van der Waals surface area (Å²) in [5, 5.41) is 0. The van der Waals surface area contributed by atoms with Crippen molar-refractivity contribution in [1.82, 2.24) is 0 Å². The first-order valence-corrected chi connectivity index (χ1v) is 26.2. The van der Waals surface area contributed by atoms with Gasteiger partial charge in [-0.1, -0.05) is 247 Å². The molecule has 0 heterocycles. The minimum absolute atomic E-state index is 0.0652. The van der Waals surface area contributed by atoms with Crippen molar-refractivity contribution < 1.29 is 28.6 Å². The van der Waals surface area contributed by atoms with Gasteiger partial charge in [0.05, 0.1) is 0 Å². The maximum atomic E-state index is 12.8. The van der Waals surface area contributed by atoms with Gasteiger partial charge >= 0.3 is 17.9 Å². The Morgan fingerprint density at radius 2 is 0.593 bits per heavy atom. The molecule has 0 saturated carbocycles. The van der Waals surface area contributed by atoms with Crippen molar-refractivity contribution in [1.29, 1.82) is 0 Å². The van der Waals surface area contributed by atoms with E-state index in [-0.39, 0.29) is 31.1 Å². The van der Waals surface area contributed by atoms with Gasteiger partial charge in [0.1, 0.15) is 13.2 Å². The summed E-state index contributed by atoms with van der Waals surface area (Å²) in [5.41, 5.74) is 0. The van der Waals surface area contributed by atoms with Gasteiger partial charge in [0.2, 0.25) is 0 Å². The monoisotopic (exact) mass is 835 g/mol. The van der Waals surface area contributed by atoms with Crippen molar-refractivity contribution in [3.8, 4) is 0 Å². The molecular formula is C53H102O6. The summed E-state index contributed by atoms with van der Waals surface area (Å²) in [6.07, 6.45) is 43.7. The Morgan fingerprint density at radius 1 is 0.339 bits per heavy atom. The van der Waals surface area contributed by atoms with E-state index in [2.05, 4.69) is 41.5 Å². The zero-order chi connectivity index (χ0) is 43.4. The zero-order valence-electron chi connectivity index (χ0n) is 40.5. The minimum Gasteiger partial charge on any atom is -0.462 e. The molecule has 2 unspecified atom stereocenters. The average Bonchev–Trinajstić information content (AvgIpc) is 3.22. The van der Waals surface area contributed by atoms with Crippen LogP contribution in [0.15, 0.2) is 0 Å². The van der Waals surface area contributed by atoms with Crippen molar-refractivity contribution in [3.05, 3.63) is 0 Å². The van der Waals surface area contributed by atoms with Crippen LogP contribution in [0.5, 0.6) is 0 Å². The van der Waals surface area contributed by atoms with Crippen LogP contribution in [0.3, 0.4) is 0 Å². The summed E-state index contributed by atoms with van der Waals surface area (Å²) in [5.74, 6) is 1.68. The molecule has 0 aromatic carbocycles. The molecule has 0 aliphatic carbocycles. The molecule has 0 aliphatic rings. The molecule has 0 aromatic rings. The highest BCUT2D eigenvalue weighted by Crippen LogP contribution is 2.18. The molecule has 3 atom stereocenters. The Hall–Kier alpha value is -1.59. The third-order valence-electron chi connectivity index (χ3n) is 12.6. The third-order valence-corrected chi connectivity index (χ3v) is 12.6. The van der Waals surface area contributed by atoms with Gasteiger partial charge in [-0.3, -0.25) is 14.4 Å². The van der Waals surface area contributed by atoms with E-state index < -0.39 is 6.10 Å². The number of carbonyl (C=O) groups is 3. The average molecular weight is 835 g/mol. The molecule has 0 amide bonds. The van der Waals surface area contributed by atoms with Crippen molar-refractivity contribution in [2.45, 2.75) is 292 Å². The fraction of sp³-hybridized carbons (Fsp3) is 0.943. The van der Waals surface area contributed by atoms with Gasteiger partial charge in [0.15, 0.2) is 6.10 Å². The fourth-order valence-corrected chi connectivity index (χ4v) is 7.87. The van der Waals surface area contributed by atoms with Crippen LogP contribution in [0.25, 0.3) is 0 Å². The van der Waals surface area contributed by atoms with Crippen LogP contribution in [0.4, 0.5) is 0 Å². The molecule has 0 N–H and O–H groups in total. The summed E-state index contributed by atoms with van der Waals surface area (Å²) in [6, 6.07) is 0. The molecule has 0 rings (SSSR count). The van der Waals surface area contributed by atoms with E-state index in [9.17, 15) is 14.4 Å². The topological polar surface area (TPSA) is 78.9 Å². The van der Waals surface area contributed by atoms with E-state index in [0.717, 1.165) is 75.5 Å². The van der Waals surface area contributed by atoms with Gasteiger partial charge in [0.25, 0.3) is 0 Å². The number of hydrogen-bond acceptors (Lipinski definition) is 6. The molecule has 0 fully saturated rings. The highest BCUT2D eigenvalue weighted by Gasteiger charge is 2.19. The molecule has 0 bridgehead atoms. The number of hydrogen-bond donors (Lipinski definition) is 0. The fourth-order valence-electron chi connectivity index (χ4n) is 7.87. The van der Waals surface area contributed by atoms with Crippen LogP contribution >= 0.6 is 0 Å². The SMILES string of the molecule is CCC(C)CCCCCCCCCCCCCCCCC(=O)OC[C@@H](COC(=O)CCCCCCCCCCC(C)C)OC(=O)CCCCCCCCCCC(C)CC. The van der Waals surface area contributed by atoms with Crippen molar-refractivity contribution in [2.75, 3.05) is 13.2 Å². The van der Waals surface area contributed by atoms with Gasteiger partial charge in [0, 0.05) is 19.3 Å². The lowest BCUT2D eigenvalue weighted by Crippen LogP contribution is -2.30. The molecule has 6 heteroatoms. The predicted octanol–water partition coefficient (Wildman–Crippen LogP) is 16.8. The number of rotatable bonds is 46. The Labute approximate surface area is 368 Å². The molecule has 0 aromatic heterocycles. The van der Waals surface area contributed by atoms with Gasteiger partial charge < -0.3 is 14.2 Å². The second-order valence-electron chi connectivity index (χ2n) is 19.1. The second kappa shape index (κ2) is 44.5. The Morgan fingerprint density at radius 3 is 0.881 bits per heavy atom. The standard InChI is InChI=1S/C53H102O6/c1-7-48(5)40-34-28-22-15-13-11-9-10-12-14-16-24-30-36-42-51(54)57-45-50(46-58-52(55)43-37-31-25-19-17-21-27-33-39-47(3)4)59-53(56)44-38-32-26-20-18-23-29-35-41-49(6)8-2/h47-50H,7-46H2,1-6H3/t48?,49?,50-/m0/s1. The maximum Gasteiger partial charge on any atom is 0.306 e. The highest BCUT2D eigenvalue weighted by molar-refractivity contribution is 5.71. The molecule has 59 heavy (non-hydrogen) atoms. The Balaban J connectivity index is 4.28. The Kier molecular flexibility index (Phi) is 43.3. The highest BCUT2D eigenvalue weighted by atomic mass is 16.6. The second-order valence-corrected chi connectivity index (χ2v) is 19.1. The van der Waals surface area contributed by atoms with Crippen molar-refractivity contribution in [3.63, 3.8) is 0 Å². The largest absolute Gasteiger partial charge is 0.462 e. The van der Waals surface area contributed by atoms with E-state index in [0.29, 0.717) is 19.3 Å². The smallest absolute Gasteiger partial charge is 0.306 e. The van der Waals surface area contributed by atoms with E-state index in [1.165, 1.54) is 167 Å². The first kappa shape index (κ1) is 57.4. The zero-order valence-corrected chi connectivity index (χ0v) is 40.5. The molecule has 0 aliphatic heterocycles. The van der Waals surface area contributed by atoms with E-state index in [4.69, 9.17) is 14.2 Å². The van der Waals surface area contributed by atoms with E-state index >= 15 is 0 Å². The van der Waals surface area contributed by atoms with E-state index in [1.807, 2.05) is 0 Å². The number of carbonyl (C=O) groups excluding carboxylic acids is 3. The van der Waals surface area contributed by atoms with E-state index in [1.54, 1.807) is 0 Å². The van der Waals surface area contributed by atoms with Gasteiger partial charge in [-0.2, -0.15) is 0 Å². The molecule has 0 saturated heterocycles. The number of ether oxygens (including phenoxy) is 3. The first-order valence-electron chi connectivity index (χ1n) is 26.2. The summed E-state index contributed by atoms with van der Waals surface area (Å²) in [7, 11) is 0. The summed E-state index contributed by atoms with van der Waals surface area (Å²) in [6.45, 7) is 13.7. The first-order chi connectivity index (χ1) is 28.7. The third kappa shape index (κ3) is 44.3. The molecule has 6 nitrogen and oxygen atoms in total.